The number of amides is 6. The third-order valence-corrected chi connectivity index (χ3v) is 6.87. The Morgan fingerprint density at radius 3 is 2.31 bits per heavy atom. The van der Waals surface area contributed by atoms with Gasteiger partial charge in [0.2, 0.25) is 12.1 Å². The number of urea groups is 2. The van der Waals surface area contributed by atoms with Crippen molar-refractivity contribution >= 4 is 35.3 Å². The van der Waals surface area contributed by atoms with Crippen LogP contribution < -0.4 is 15.5 Å². The van der Waals surface area contributed by atoms with E-state index in [1.807, 2.05) is 0 Å². The predicted octanol–water partition coefficient (Wildman–Crippen LogP) is 2.48. The van der Waals surface area contributed by atoms with Crippen molar-refractivity contribution in [1.29, 1.82) is 0 Å². The number of benzodiazepines with no additional fused rings is 1. The van der Waals surface area contributed by atoms with Gasteiger partial charge in [-0.1, -0.05) is 48.5 Å². The first-order valence-electron chi connectivity index (χ1n) is 12.4. The number of nitrogens with one attached hydrogen (secondary N) is 2. The van der Waals surface area contributed by atoms with Crippen molar-refractivity contribution in [3.63, 3.8) is 0 Å². The largest absolute Gasteiger partial charge is 0.406 e. The smallest absolute Gasteiger partial charge is 0.325 e. The standard InChI is InChI=1S/C26H25F3N6O4/c27-26(28,29)15-35-19-9-5-4-8-18(19)21(16-6-2-1-3-7-16)31-22(23(35)37)32-24(38)33-12-10-17(11-13-33)34-14-20(36)30-25(34)39/h1-9,17,22H,10-15H2,(H,32,38)(H,30,36,39)/t22-/m0/s1. The van der Waals surface area contributed by atoms with Crippen LogP contribution >= 0.6 is 0 Å². The first-order chi connectivity index (χ1) is 18.6. The van der Waals surface area contributed by atoms with Gasteiger partial charge in [-0.15, -0.1) is 0 Å². The Kier molecular flexibility index (Phi) is 6.98. The highest BCUT2D eigenvalue weighted by Gasteiger charge is 2.41. The molecule has 0 aliphatic carbocycles. The molecule has 10 nitrogen and oxygen atoms in total. The monoisotopic (exact) mass is 542 g/mol. The van der Waals surface area contributed by atoms with E-state index in [1.54, 1.807) is 42.5 Å². The highest BCUT2D eigenvalue weighted by molar-refractivity contribution is 6.20. The van der Waals surface area contributed by atoms with Gasteiger partial charge in [-0.25, -0.2) is 14.6 Å². The lowest BCUT2D eigenvalue weighted by Gasteiger charge is -2.36. The molecule has 5 rings (SSSR count). The summed E-state index contributed by atoms with van der Waals surface area (Å²) in [5, 5.41) is 4.75. The molecule has 2 aromatic rings. The first kappa shape index (κ1) is 26.2. The van der Waals surface area contributed by atoms with Gasteiger partial charge in [0, 0.05) is 30.3 Å². The summed E-state index contributed by atoms with van der Waals surface area (Å²) in [6.07, 6.45) is -5.50. The van der Waals surface area contributed by atoms with Crippen molar-refractivity contribution in [3.05, 3.63) is 65.7 Å². The van der Waals surface area contributed by atoms with Crippen LogP contribution in [0.15, 0.2) is 59.6 Å². The molecule has 3 heterocycles. The minimum atomic E-state index is -4.69. The number of para-hydroxylation sites is 1. The van der Waals surface area contributed by atoms with Crippen molar-refractivity contribution in [2.75, 3.05) is 31.1 Å². The zero-order chi connectivity index (χ0) is 27.7. The van der Waals surface area contributed by atoms with Crippen molar-refractivity contribution in [2.24, 2.45) is 4.99 Å². The Labute approximate surface area is 221 Å². The van der Waals surface area contributed by atoms with Gasteiger partial charge in [-0.2, -0.15) is 13.2 Å². The number of hydrogen-bond donors (Lipinski definition) is 2. The fraction of sp³-hybridized carbons (Fsp3) is 0.346. The molecule has 0 aromatic heterocycles. The van der Waals surface area contributed by atoms with Crippen LogP contribution in [0.1, 0.15) is 24.0 Å². The number of rotatable bonds is 4. The lowest BCUT2D eigenvalue weighted by atomic mass is 10.0. The lowest BCUT2D eigenvalue weighted by Crippen LogP contribution is -2.55. The number of carbonyl (C=O) groups excluding carboxylic acids is 4. The SMILES string of the molecule is O=C1CN(C2CCN(C(=O)N[C@@H]3N=C(c4ccccc4)c4ccccc4N(CC(F)(F)F)C3=O)CC2)C(=O)N1. The summed E-state index contributed by atoms with van der Waals surface area (Å²) in [5.74, 6) is -1.40. The summed E-state index contributed by atoms with van der Waals surface area (Å²) in [7, 11) is 0. The van der Waals surface area contributed by atoms with Crippen LogP contribution in [0, 0.1) is 0 Å². The molecule has 3 aliphatic heterocycles. The Balaban J connectivity index is 1.40. The molecule has 0 bridgehead atoms. The number of carbonyl (C=O) groups is 4. The van der Waals surface area contributed by atoms with Gasteiger partial charge < -0.3 is 15.1 Å². The molecule has 0 saturated carbocycles. The van der Waals surface area contributed by atoms with E-state index in [1.165, 1.54) is 21.9 Å². The Morgan fingerprint density at radius 2 is 1.67 bits per heavy atom. The molecule has 3 aliphatic rings. The summed E-state index contributed by atoms with van der Waals surface area (Å²) in [4.78, 5) is 58.1. The summed E-state index contributed by atoms with van der Waals surface area (Å²) < 4.78 is 40.7. The minimum absolute atomic E-state index is 0.0402. The van der Waals surface area contributed by atoms with Crippen LogP contribution in [0.3, 0.4) is 0 Å². The summed E-state index contributed by atoms with van der Waals surface area (Å²) in [6, 6.07) is 13.5. The molecule has 2 saturated heterocycles. The molecular weight excluding hydrogens is 517 g/mol. The Bertz CT molecular complexity index is 1320. The van der Waals surface area contributed by atoms with Crippen LogP contribution in [0.4, 0.5) is 28.4 Å². The van der Waals surface area contributed by atoms with E-state index in [9.17, 15) is 32.3 Å². The molecule has 0 unspecified atom stereocenters. The average Bonchev–Trinajstić information content (AvgIpc) is 3.21. The van der Waals surface area contributed by atoms with Crippen LogP contribution in [0.2, 0.25) is 0 Å². The zero-order valence-corrected chi connectivity index (χ0v) is 20.6. The van der Waals surface area contributed by atoms with Crippen molar-refractivity contribution < 1.29 is 32.3 Å². The number of halogens is 3. The third kappa shape index (κ3) is 5.56. The van der Waals surface area contributed by atoms with Gasteiger partial charge in [-0.3, -0.25) is 19.8 Å². The van der Waals surface area contributed by atoms with E-state index in [-0.39, 0.29) is 43.0 Å². The maximum atomic E-state index is 13.6. The van der Waals surface area contributed by atoms with Crippen molar-refractivity contribution in [3.8, 4) is 0 Å². The minimum Gasteiger partial charge on any atom is -0.325 e. The van der Waals surface area contributed by atoms with E-state index >= 15 is 0 Å². The van der Waals surface area contributed by atoms with Gasteiger partial charge in [-0.05, 0) is 18.9 Å². The summed E-state index contributed by atoms with van der Waals surface area (Å²) >= 11 is 0. The van der Waals surface area contributed by atoms with Gasteiger partial charge in [0.25, 0.3) is 5.91 Å². The van der Waals surface area contributed by atoms with E-state index in [0.29, 0.717) is 28.9 Å². The predicted molar refractivity (Wildman–Crippen MR) is 134 cm³/mol. The number of likely N-dealkylation sites (tertiary alicyclic amines) is 1. The van der Waals surface area contributed by atoms with Crippen LogP contribution in [-0.4, -0.2) is 84.0 Å². The first-order valence-corrected chi connectivity index (χ1v) is 12.4. The second-order valence-electron chi connectivity index (χ2n) is 9.45. The average molecular weight is 543 g/mol. The number of anilines is 1. The van der Waals surface area contributed by atoms with E-state index in [0.717, 1.165) is 0 Å². The topological polar surface area (TPSA) is 114 Å². The second-order valence-corrected chi connectivity index (χ2v) is 9.45. The molecule has 204 valence electrons. The van der Waals surface area contributed by atoms with Gasteiger partial charge >= 0.3 is 18.2 Å². The van der Waals surface area contributed by atoms with Crippen LogP contribution in [0.25, 0.3) is 0 Å². The molecule has 0 spiro atoms. The zero-order valence-electron chi connectivity index (χ0n) is 20.6. The molecule has 1 atom stereocenters. The van der Waals surface area contributed by atoms with Crippen LogP contribution in [0.5, 0.6) is 0 Å². The lowest BCUT2D eigenvalue weighted by molar-refractivity contribution is -0.133. The van der Waals surface area contributed by atoms with E-state index < -0.39 is 36.9 Å². The molecule has 13 heteroatoms. The quantitative estimate of drug-likeness (QED) is 0.578. The van der Waals surface area contributed by atoms with Gasteiger partial charge in [0.1, 0.15) is 13.1 Å². The highest BCUT2D eigenvalue weighted by Crippen LogP contribution is 2.31. The maximum Gasteiger partial charge on any atom is 0.406 e. The van der Waals surface area contributed by atoms with Gasteiger partial charge in [0.15, 0.2) is 0 Å². The number of piperidine rings is 1. The van der Waals surface area contributed by atoms with Gasteiger partial charge in [0.05, 0.1) is 11.4 Å². The molecule has 2 N–H and O–H groups in total. The molecular formula is C26H25F3N6O4. The number of fused-ring (bicyclic) bond motifs is 1. The molecule has 2 fully saturated rings. The van der Waals surface area contributed by atoms with E-state index in [2.05, 4.69) is 15.6 Å². The fourth-order valence-electron chi connectivity index (χ4n) is 5.03. The molecule has 2 aromatic carbocycles. The number of aliphatic imine (C=N–C) groups is 1. The van der Waals surface area contributed by atoms with Crippen molar-refractivity contribution in [1.82, 2.24) is 20.4 Å². The Hall–Kier alpha value is -4.42. The number of imide groups is 1. The second kappa shape index (κ2) is 10.4. The van der Waals surface area contributed by atoms with Crippen molar-refractivity contribution in [2.45, 2.75) is 31.2 Å². The number of alkyl halides is 3. The normalized spacial score (nSPS) is 20.4. The third-order valence-electron chi connectivity index (χ3n) is 6.87. The van der Waals surface area contributed by atoms with E-state index in [4.69, 9.17) is 0 Å². The van der Waals surface area contributed by atoms with Crippen LogP contribution in [-0.2, 0) is 9.59 Å². The highest BCUT2D eigenvalue weighted by atomic mass is 19.4. The Morgan fingerprint density at radius 1 is 1.00 bits per heavy atom. The summed E-state index contributed by atoms with van der Waals surface area (Å²) in [5.41, 5.74) is 1.22. The number of benzene rings is 2. The fourth-order valence-corrected chi connectivity index (χ4v) is 5.03. The molecule has 6 amide bonds. The number of hydrogen-bond acceptors (Lipinski definition) is 5. The summed E-state index contributed by atoms with van der Waals surface area (Å²) in [6.45, 7) is -1.15. The number of nitrogens with zero attached hydrogens (tertiary/aromatic N) is 4. The molecule has 0 radical (unpaired) electrons. The maximum absolute atomic E-state index is 13.6. The molecule has 39 heavy (non-hydrogen) atoms.